The molecule has 0 aliphatic rings. The zero-order valence-corrected chi connectivity index (χ0v) is 9.16. The van der Waals surface area contributed by atoms with E-state index in [4.69, 9.17) is 16.7 Å². The van der Waals surface area contributed by atoms with Crippen molar-refractivity contribution in [2.24, 2.45) is 0 Å². The predicted octanol–water partition coefficient (Wildman–Crippen LogP) is 1.24. The molecule has 1 rings (SSSR count). The standard InChI is InChI=1S/C10H13ClN2O2/c1-2-8(6-14)13-10(15)7-3-4-9(11)12-5-7/h3-5,8,14H,2,6H2,1H3,(H,13,15)/t8-/m1/s1. The molecule has 2 N–H and O–H groups in total. The third-order valence-corrected chi connectivity index (χ3v) is 2.26. The van der Waals surface area contributed by atoms with E-state index in [9.17, 15) is 4.79 Å². The normalized spacial score (nSPS) is 12.2. The van der Waals surface area contributed by atoms with Gasteiger partial charge >= 0.3 is 0 Å². The first kappa shape index (κ1) is 11.9. The van der Waals surface area contributed by atoms with E-state index in [1.165, 1.54) is 6.20 Å². The second-order valence-corrected chi connectivity index (χ2v) is 3.52. The molecule has 0 aliphatic carbocycles. The minimum Gasteiger partial charge on any atom is -0.394 e. The van der Waals surface area contributed by atoms with E-state index in [2.05, 4.69) is 10.3 Å². The molecule has 0 radical (unpaired) electrons. The second kappa shape index (κ2) is 5.68. The van der Waals surface area contributed by atoms with Gasteiger partial charge in [-0.2, -0.15) is 0 Å². The summed E-state index contributed by atoms with van der Waals surface area (Å²) in [4.78, 5) is 15.4. The third kappa shape index (κ3) is 3.49. The second-order valence-electron chi connectivity index (χ2n) is 3.13. The fourth-order valence-corrected chi connectivity index (χ4v) is 1.17. The van der Waals surface area contributed by atoms with Gasteiger partial charge in [-0.15, -0.1) is 0 Å². The minimum absolute atomic E-state index is 0.0662. The molecule has 5 heteroatoms. The van der Waals surface area contributed by atoms with Gasteiger partial charge in [0.25, 0.3) is 5.91 Å². The summed E-state index contributed by atoms with van der Waals surface area (Å²) in [5.74, 6) is -0.250. The molecule has 0 bridgehead atoms. The molecule has 0 saturated carbocycles. The quantitative estimate of drug-likeness (QED) is 0.763. The van der Waals surface area contributed by atoms with Crippen LogP contribution < -0.4 is 5.32 Å². The molecule has 1 aromatic rings. The molecule has 1 atom stereocenters. The van der Waals surface area contributed by atoms with Gasteiger partial charge in [0, 0.05) is 6.20 Å². The Kier molecular flexibility index (Phi) is 4.52. The minimum atomic E-state index is -0.250. The van der Waals surface area contributed by atoms with Gasteiger partial charge < -0.3 is 10.4 Å². The van der Waals surface area contributed by atoms with Gasteiger partial charge in [0.1, 0.15) is 5.15 Å². The average molecular weight is 229 g/mol. The van der Waals surface area contributed by atoms with Gasteiger partial charge in [-0.25, -0.2) is 4.98 Å². The van der Waals surface area contributed by atoms with E-state index in [1.54, 1.807) is 12.1 Å². The third-order valence-electron chi connectivity index (χ3n) is 2.04. The molecule has 0 unspecified atom stereocenters. The lowest BCUT2D eigenvalue weighted by molar-refractivity contribution is 0.0914. The summed E-state index contributed by atoms with van der Waals surface area (Å²) in [5.41, 5.74) is 0.436. The number of nitrogens with one attached hydrogen (secondary N) is 1. The highest BCUT2D eigenvalue weighted by molar-refractivity contribution is 6.29. The average Bonchev–Trinajstić information content (AvgIpc) is 2.26. The van der Waals surface area contributed by atoms with Crippen LogP contribution in [-0.2, 0) is 0 Å². The molecule has 0 saturated heterocycles. The van der Waals surface area contributed by atoms with Crippen LogP contribution in [0.5, 0.6) is 0 Å². The number of carbonyl (C=O) groups excluding carboxylic acids is 1. The first-order chi connectivity index (χ1) is 7.17. The molecule has 0 fully saturated rings. The summed E-state index contributed by atoms with van der Waals surface area (Å²) in [6, 6.07) is 2.93. The number of halogens is 1. The Morgan fingerprint density at radius 1 is 1.67 bits per heavy atom. The van der Waals surface area contributed by atoms with E-state index in [1.807, 2.05) is 6.92 Å². The van der Waals surface area contributed by atoms with Gasteiger partial charge in [0.2, 0.25) is 0 Å². The number of pyridine rings is 1. The van der Waals surface area contributed by atoms with Crippen LogP contribution in [-0.4, -0.2) is 28.6 Å². The summed E-state index contributed by atoms with van der Waals surface area (Å²) in [5, 5.41) is 11.9. The lowest BCUT2D eigenvalue weighted by Gasteiger charge is -2.13. The number of rotatable bonds is 4. The van der Waals surface area contributed by atoms with Crippen LogP contribution in [0.2, 0.25) is 5.15 Å². The number of carbonyl (C=O) groups is 1. The molecule has 82 valence electrons. The van der Waals surface area contributed by atoms with E-state index < -0.39 is 0 Å². The maximum atomic E-state index is 11.6. The van der Waals surface area contributed by atoms with E-state index >= 15 is 0 Å². The molecule has 0 aliphatic heterocycles. The molecule has 0 aromatic carbocycles. The highest BCUT2D eigenvalue weighted by atomic mass is 35.5. The van der Waals surface area contributed by atoms with Crippen molar-refractivity contribution in [2.75, 3.05) is 6.61 Å². The topological polar surface area (TPSA) is 62.2 Å². The monoisotopic (exact) mass is 228 g/mol. The van der Waals surface area contributed by atoms with Crippen molar-refractivity contribution >= 4 is 17.5 Å². The lowest BCUT2D eigenvalue weighted by Crippen LogP contribution is -2.36. The largest absolute Gasteiger partial charge is 0.394 e. The van der Waals surface area contributed by atoms with Crippen molar-refractivity contribution in [2.45, 2.75) is 19.4 Å². The number of aromatic nitrogens is 1. The fourth-order valence-electron chi connectivity index (χ4n) is 1.06. The molecule has 4 nitrogen and oxygen atoms in total. The zero-order chi connectivity index (χ0) is 11.3. The Bertz CT molecular complexity index is 323. The summed E-state index contributed by atoms with van der Waals surface area (Å²) in [6.07, 6.45) is 2.09. The maximum Gasteiger partial charge on any atom is 0.253 e. The Balaban J connectivity index is 2.64. The van der Waals surface area contributed by atoms with E-state index in [-0.39, 0.29) is 18.6 Å². The molecule has 1 heterocycles. The fraction of sp³-hybridized carbons (Fsp3) is 0.400. The first-order valence-electron chi connectivity index (χ1n) is 4.70. The van der Waals surface area contributed by atoms with Crippen molar-refractivity contribution in [1.29, 1.82) is 0 Å². The Labute approximate surface area is 93.3 Å². The van der Waals surface area contributed by atoms with Crippen LogP contribution in [0.25, 0.3) is 0 Å². The Morgan fingerprint density at radius 2 is 2.40 bits per heavy atom. The molecule has 1 amide bonds. The SMILES string of the molecule is CC[C@H](CO)NC(=O)c1ccc(Cl)nc1. The van der Waals surface area contributed by atoms with E-state index in [0.717, 1.165) is 0 Å². The van der Waals surface area contributed by atoms with Crippen molar-refractivity contribution in [3.8, 4) is 0 Å². The summed E-state index contributed by atoms with van der Waals surface area (Å²) in [6.45, 7) is 1.82. The smallest absolute Gasteiger partial charge is 0.253 e. The van der Waals surface area contributed by atoms with Crippen molar-refractivity contribution in [1.82, 2.24) is 10.3 Å². The number of hydrogen-bond acceptors (Lipinski definition) is 3. The summed E-state index contributed by atoms with van der Waals surface area (Å²) >= 11 is 5.59. The molecule has 15 heavy (non-hydrogen) atoms. The molecule has 1 aromatic heterocycles. The number of aliphatic hydroxyl groups excluding tert-OH is 1. The van der Waals surface area contributed by atoms with Crippen molar-refractivity contribution in [3.63, 3.8) is 0 Å². The number of hydrogen-bond donors (Lipinski definition) is 2. The predicted molar refractivity (Wildman–Crippen MR) is 57.9 cm³/mol. The van der Waals surface area contributed by atoms with Crippen molar-refractivity contribution < 1.29 is 9.90 Å². The molecular formula is C10H13ClN2O2. The number of nitrogens with zero attached hydrogens (tertiary/aromatic N) is 1. The molecule has 0 spiro atoms. The lowest BCUT2D eigenvalue weighted by atomic mass is 10.2. The summed E-state index contributed by atoms with van der Waals surface area (Å²) < 4.78 is 0. The Morgan fingerprint density at radius 3 is 2.87 bits per heavy atom. The van der Waals surface area contributed by atoms with Gasteiger partial charge in [-0.05, 0) is 18.6 Å². The highest BCUT2D eigenvalue weighted by Gasteiger charge is 2.11. The summed E-state index contributed by atoms with van der Waals surface area (Å²) in [7, 11) is 0. The van der Waals surface area contributed by atoms with E-state index in [0.29, 0.717) is 17.1 Å². The van der Waals surface area contributed by atoms with Crippen LogP contribution in [0, 0.1) is 0 Å². The van der Waals surface area contributed by atoms with Crippen LogP contribution >= 0.6 is 11.6 Å². The van der Waals surface area contributed by atoms with Crippen LogP contribution in [0.4, 0.5) is 0 Å². The molecular weight excluding hydrogens is 216 g/mol. The Hall–Kier alpha value is -1.13. The van der Waals surface area contributed by atoms with Crippen LogP contribution in [0.3, 0.4) is 0 Å². The van der Waals surface area contributed by atoms with Gasteiger partial charge in [-0.1, -0.05) is 18.5 Å². The van der Waals surface area contributed by atoms with Gasteiger partial charge in [-0.3, -0.25) is 4.79 Å². The maximum absolute atomic E-state index is 11.6. The van der Waals surface area contributed by atoms with Crippen molar-refractivity contribution in [3.05, 3.63) is 29.0 Å². The zero-order valence-electron chi connectivity index (χ0n) is 8.40. The van der Waals surface area contributed by atoms with Gasteiger partial charge in [0.05, 0.1) is 18.2 Å². The number of amides is 1. The van der Waals surface area contributed by atoms with Crippen LogP contribution in [0.1, 0.15) is 23.7 Å². The first-order valence-corrected chi connectivity index (χ1v) is 5.08. The van der Waals surface area contributed by atoms with Gasteiger partial charge in [0.15, 0.2) is 0 Å². The highest BCUT2D eigenvalue weighted by Crippen LogP contribution is 2.05. The number of aliphatic hydroxyl groups is 1. The van der Waals surface area contributed by atoms with Crippen LogP contribution in [0.15, 0.2) is 18.3 Å².